The maximum atomic E-state index is 13.5. The maximum Gasteiger partial charge on any atom is 0.326 e. The van der Waals surface area contributed by atoms with Crippen LogP contribution in [0.1, 0.15) is 87.0 Å². The maximum absolute atomic E-state index is 13.5. The van der Waals surface area contributed by atoms with Crippen molar-refractivity contribution < 1.29 is 83.1 Å². The molecule has 0 bridgehead atoms. The number of aliphatic hydroxyl groups excluding tert-OH is 2. The van der Waals surface area contributed by atoms with E-state index in [-0.39, 0.29) is 0 Å². The number of nitrogens with one attached hydrogen (secondary N) is 9. The molecule has 0 rings (SSSR count). The van der Waals surface area contributed by atoms with Crippen molar-refractivity contribution in [1.82, 2.24) is 47.9 Å². The van der Waals surface area contributed by atoms with Crippen LogP contribution in [0.3, 0.4) is 0 Å². The zero-order valence-electron chi connectivity index (χ0n) is 39.8. The number of amides is 9. The number of carbonyl (C=O) groups is 12. The van der Waals surface area contributed by atoms with Crippen LogP contribution in [0.4, 0.5) is 0 Å². The Morgan fingerprint density at radius 3 is 1.43 bits per heavy atom. The van der Waals surface area contributed by atoms with Gasteiger partial charge in [0.25, 0.3) is 0 Å². The molecule has 69 heavy (non-hydrogen) atoms. The van der Waals surface area contributed by atoms with Gasteiger partial charge in [-0.1, -0.05) is 48.0 Å². The third-order valence-corrected chi connectivity index (χ3v) is 10.1. The molecular weight excluding hydrogens is 919 g/mol. The topological polar surface area (TPSA) is 466 Å². The van der Waals surface area contributed by atoms with E-state index in [9.17, 15) is 83.1 Å². The summed E-state index contributed by atoms with van der Waals surface area (Å²) in [5.74, 6) is -15.5. The van der Waals surface area contributed by atoms with Crippen LogP contribution >= 0.6 is 0 Å². The number of hydrogen-bond donors (Lipinski definition) is 16. The van der Waals surface area contributed by atoms with E-state index >= 15 is 0 Å². The van der Waals surface area contributed by atoms with E-state index in [1.54, 1.807) is 13.8 Å². The van der Waals surface area contributed by atoms with Crippen molar-refractivity contribution in [3.05, 3.63) is 0 Å². The number of nitrogens with two attached hydrogens (primary N) is 2. The molecule has 18 N–H and O–H groups in total. The second-order valence-electron chi connectivity index (χ2n) is 17.1. The molecular formula is C41H71N11O17. The van der Waals surface area contributed by atoms with Gasteiger partial charge in [-0.2, -0.15) is 0 Å². The van der Waals surface area contributed by atoms with Crippen LogP contribution in [0.2, 0.25) is 0 Å². The summed E-state index contributed by atoms with van der Waals surface area (Å²) in [6.45, 7) is 8.02. The molecule has 0 aliphatic rings. The summed E-state index contributed by atoms with van der Waals surface area (Å²) in [5.41, 5.74) is 11.4. The normalized spacial score (nSPS) is 15.0. The minimum Gasteiger partial charge on any atom is -0.481 e. The van der Waals surface area contributed by atoms with Gasteiger partial charge in [-0.25, -0.2) is 4.79 Å². The average Bonchev–Trinajstić information content (AvgIpc) is 3.25. The summed E-state index contributed by atoms with van der Waals surface area (Å²) < 4.78 is 0. The Morgan fingerprint density at radius 2 is 0.942 bits per heavy atom. The highest BCUT2D eigenvalue weighted by molar-refractivity contribution is 5.98. The number of aliphatic hydroxyl groups is 2. The van der Waals surface area contributed by atoms with E-state index in [0.717, 1.165) is 6.92 Å². The van der Waals surface area contributed by atoms with Crippen molar-refractivity contribution in [2.24, 2.45) is 29.2 Å². The Bertz CT molecular complexity index is 1810. The second kappa shape index (κ2) is 31.5. The van der Waals surface area contributed by atoms with Gasteiger partial charge in [-0.3, -0.25) is 52.7 Å². The Morgan fingerprint density at radius 1 is 0.478 bits per heavy atom. The zero-order valence-corrected chi connectivity index (χ0v) is 39.8. The van der Waals surface area contributed by atoms with E-state index in [0.29, 0.717) is 25.8 Å². The molecule has 0 saturated heterocycles. The van der Waals surface area contributed by atoms with Crippen LogP contribution in [-0.4, -0.2) is 177 Å². The smallest absolute Gasteiger partial charge is 0.326 e. The number of carboxylic acid groups (broad SMARTS) is 3. The number of hydrogen-bond acceptors (Lipinski definition) is 16. The molecule has 0 fully saturated rings. The van der Waals surface area contributed by atoms with Crippen LogP contribution in [0.25, 0.3) is 0 Å². The monoisotopic (exact) mass is 990 g/mol. The van der Waals surface area contributed by atoms with E-state index < -0.39 is 182 Å². The number of carboxylic acids is 3. The van der Waals surface area contributed by atoms with Gasteiger partial charge in [0.2, 0.25) is 53.2 Å². The molecule has 0 aromatic rings. The predicted octanol–water partition coefficient (Wildman–Crippen LogP) is -6.17. The molecule has 28 heteroatoms. The molecule has 0 heterocycles. The van der Waals surface area contributed by atoms with E-state index in [2.05, 4.69) is 37.2 Å². The first kappa shape index (κ1) is 62.5. The fourth-order valence-corrected chi connectivity index (χ4v) is 6.05. The van der Waals surface area contributed by atoms with E-state index in [4.69, 9.17) is 11.5 Å². The lowest BCUT2D eigenvalue weighted by atomic mass is 10.0. The lowest BCUT2D eigenvalue weighted by Crippen LogP contribution is -2.62. The first-order valence-corrected chi connectivity index (χ1v) is 22.1. The molecule has 0 aliphatic carbocycles. The number of unbranched alkanes of at least 4 members (excludes halogenated alkanes) is 1. The number of rotatable bonds is 33. The third kappa shape index (κ3) is 23.9. The Balaban J connectivity index is 5.80. The quantitative estimate of drug-likeness (QED) is 0.0272. The minimum atomic E-state index is -1.99. The highest BCUT2D eigenvalue weighted by Crippen LogP contribution is 2.10. The van der Waals surface area contributed by atoms with Crippen molar-refractivity contribution in [3.8, 4) is 0 Å². The highest BCUT2D eigenvalue weighted by atomic mass is 16.4. The van der Waals surface area contributed by atoms with Crippen LogP contribution in [0.15, 0.2) is 0 Å². The summed E-state index contributed by atoms with van der Waals surface area (Å²) in [5, 5.41) is 68.6. The van der Waals surface area contributed by atoms with E-state index in [1.807, 2.05) is 10.6 Å². The Hall–Kier alpha value is -6.52. The second-order valence-corrected chi connectivity index (χ2v) is 17.1. The molecule has 0 unspecified atom stereocenters. The average molecular weight is 990 g/mol. The van der Waals surface area contributed by atoms with Crippen molar-refractivity contribution in [1.29, 1.82) is 0 Å². The van der Waals surface area contributed by atoms with Crippen LogP contribution < -0.4 is 59.3 Å². The zero-order chi connectivity index (χ0) is 53.3. The third-order valence-electron chi connectivity index (χ3n) is 10.1. The Labute approximate surface area is 398 Å². The first-order valence-electron chi connectivity index (χ1n) is 22.1. The standard InChI is InChI=1S/C41H71N11O17/c1-18(2)30(50-34(61)22(43)10-8-9-13-42)38(65)45-15-26(55)44-16-27(56)49-33(21(7)54)40(67)48-25(17-53)37(64)47-24(14-29(59)60)36(63)51-31(19(3)4)39(66)46-23(11-12-28(57)58)35(62)52-32(20(5)6)41(68)69/h18-25,30-33,53-54H,8-17,42-43H2,1-7H3,(H,44,55)(H,45,65)(H,46,66)(H,47,64)(H,48,67)(H,49,56)(H,50,61)(H,51,63)(H,52,62)(H,57,58)(H,59,60)(H,68,69)/t21-,22+,23+,24+,25+,30+,31+,32+,33+/m1/s1. The summed E-state index contributed by atoms with van der Waals surface area (Å²) >= 11 is 0. The molecule has 9 atom stereocenters. The summed E-state index contributed by atoms with van der Waals surface area (Å²) in [6.07, 6.45) is -2.35. The van der Waals surface area contributed by atoms with Gasteiger partial charge in [0, 0.05) is 6.42 Å². The van der Waals surface area contributed by atoms with Gasteiger partial charge >= 0.3 is 17.9 Å². The van der Waals surface area contributed by atoms with Gasteiger partial charge in [-0.15, -0.1) is 0 Å². The van der Waals surface area contributed by atoms with Gasteiger partial charge < -0.3 is 84.9 Å². The lowest BCUT2D eigenvalue weighted by Gasteiger charge is -2.28. The van der Waals surface area contributed by atoms with Crippen molar-refractivity contribution in [2.75, 3.05) is 26.2 Å². The van der Waals surface area contributed by atoms with Crippen molar-refractivity contribution in [3.63, 3.8) is 0 Å². The van der Waals surface area contributed by atoms with Gasteiger partial charge in [0.1, 0.15) is 42.3 Å². The highest BCUT2D eigenvalue weighted by Gasteiger charge is 2.36. The molecule has 0 saturated carbocycles. The first-order chi connectivity index (χ1) is 32.1. The molecule has 0 aromatic carbocycles. The molecule has 0 radical (unpaired) electrons. The van der Waals surface area contributed by atoms with Crippen molar-refractivity contribution in [2.45, 2.75) is 141 Å². The Kier molecular flexibility index (Phi) is 28.5. The summed E-state index contributed by atoms with van der Waals surface area (Å²) in [4.78, 5) is 152. The fourth-order valence-electron chi connectivity index (χ4n) is 6.05. The predicted molar refractivity (Wildman–Crippen MR) is 240 cm³/mol. The SMILES string of the molecule is CC(C)[C@H](NC(=O)[C@H](CCC(=O)O)NC(=O)[C@@H](NC(=O)[C@H](CC(=O)O)NC(=O)[C@H](CO)NC(=O)[C@@H](NC(=O)CNC(=O)CNC(=O)[C@@H](NC(=O)[C@@H](N)CCCCN)C(C)C)[C@@H](C)O)C(C)C)C(=O)O. The molecule has 0 spiro atoms. The van der Waals surface area contributed by atoms with Crippen LogP contribution in [-0.2, 0) is 57.5 Å². The van der Waals surface area contributed by atoms with Gasteiger partial charge in [0.05, 0.1) is 38.3 Å². The minimum absolute atomic E-state index is 0.336. The van der Waals surface area contributed by atoms with Gasteiger partial charge in [-0.05, 0) is 50.5 Å². The number of carbonyl (C=O) groups excluding carboxylic acids is 9. The largest absolute Gasteiger partial charge is 0.481 e. The van der Waals surface area contributed by atoms with Crippen LogP contribution in [0.5, 0.6) is 0 Å². The lowest BCUT2D eigenvalue weighted by molar-refractivity contribution is -0.144. The van der Waals surface area contributed by atoms with Crippen molar-refractivity contribution >= 4 is 71.1 Å². The molecule has 392 valence electrons. The molecule has 0 aliphatic heterocycles. The summed E-state index contributed by atoms with van der Waals surface area (Å²) in [6, 6.07) is -12.3. The molecule has 28 nitrogen and oxygen atoms in total. The fraction of sp³-hybridized carbons (Fsp3) is 0.707. The van der Waals surface area contributed by atoms with Gasteiger partial charge in [0.15, 0.2) is 0 Å². The number of aliphatic carboxylic acids is 3. The molecule has 9 amide bonds. The van der Waals surface area contributed by atoms with Crippen LogP contribution in [0, 0.1) is 17.8 Å². The molecule has 0 aromatic heterocycles. The summed E-state index contributed by atoms with van der Waals surface area (Å²) in [7, 11) is 0. The van der Waals surface area contributed by atoms with E-state index in [1.165, 1.54) is 27.7 Å².